The van der Waals surface area contributed by atoms with Crippen molar-refractivity contribution in [3.05, 3.63) is 30.3 Å². The molecule has 1 aromatic rings. The molecule has 2 heteroatoms. The smallest absolute Gasteiger partial charge is 0.119 e. The van der Waals surface area contributed by atoms with E-state index in [2.05, 4.69) is 21.1 Å². The van der Waals surface area contributed by atoms with Crippen molar-refractivity contribution in [3.8, 4) is 5.75 Å². The largest absolute Gasteiger partial charge is 0.494 e. The van der Waals surface area contributed by atoms with E-state index < -0.39 is 0 Å². The molecule has 0 atom stereocenters. The summed E-state index contributed by atoms with van der Waals surface area (Å²) in [4.78, 5) is 0. The molecular formula is C19H34NO+. The van der Waals surface area contributed by atoms with E-state index in [0.29, 0.717) is 0 Å². The van der Waals surface area contributed by atoms with E-state index in [1.165, 1.54) is 57.9 Å². The Kier molecular flexibility index (Phi) is 9.16. The van der Waals surface area contributed by atoms with E-state index in [4.69, 9.17) is 4.74 Å². The molecule has 0 fully saturated rings. The Hall–Kier alpha value is -1.02. The Balaban J connectivity index is 1.81. The van der Waals surface area contributed by atoms with Crippen LogP contribution >= 0.6 is 0 Å². The van der Waals surface area contributed by atoms with Gasteiger partial charge in [0.05, 0.1) is 34.3 Å². The summed E-state index contributed by atoms with van der Waals surface area (Å²) in [5.74, 6) is 0.995. The molecule has 0 bridgehead atoms. The van der Waals surface area contributed by atoms with Gasteiger partial charge in [0, 0.05) is 0 Å². The first kappa shape index (κ1) is 18.0. The molecule has 120 valence electrons. The monoisotopic (exact) mass is 292 g/mol. The van der Waals surface area contributed by atoms with Gasteiger partial charge in [0.25, 0.3) is 0 Å². The summed E-state index contributed by atoms with van der Waals surface area (Å²) in [6, 6.07) is 10.1. The summed E-state index contributed by atoms with van der Waals surface area (Å²) in [5.41, 5.74) is 0. The minimum absolute atomic E-state index is 0.855. The van der Waals surface area contributed by atoms with Crippen LogP contribution in [0.2, 0.25) is 0 Å². The normalized spacial score (nSPS) is 11.6. The Morgan fingerprint density at radius 3 is 1.81 bits per heavy atom. The van der Waals surface area contributed by atoms with E-state index in [9.17, 15) is 0 Å². The first-order valence-corrected chi connectivity index (χ1v) is 8.56. The third kappa shape index (κ3) is 11.3. The fraction of sp³-hybridized carbons (Fsp3) is 0.684. The summed E-state index contributed by atoms with van der Waals surface area (Å²) in [5, 5.41) is 0. The quantitative estimate of drug-likeness (QED) is 0.393. The topological polar surface area (TPSA) is 9.23 Å². The van der Waals surface area contributed by atoms with Crippen molar-refractivity contribution >= 4 is 0 Å². The van der Waals surface area contributed by atoms with Crippen molar-refractivity contribution in [1.29, 1.82) is 0 Å². The second-order valence-corrected chi connectivity index (χ2v) is 7.00. The molecule has 1 aromatic carbocycles. The molecule has 0 spiro atoms. The van der Waals surface area contributed by atoms with Crippen LogP contribution in [0.1, 0.15) is 51.4 Å². The maximum absolute atomic E-state index is 5.70. The van der Waals surface area contributed by atoms with Crippen molar-refractivity contribution < 1.29 is 9.22 Å². The summed E-state index contributed by atoms with van der Waals surface area (Å²) in [7, 11) is 6.83. The Bertz CT molecular complexity index is 342. The number of benzene rings is 1. The molecule has 0 heterocycles. The minimum Gasteiger partial charge on any atom is -0.494 e. The Morgan fingerprint density at radius 2 is 1.24 bits per heavy atom. The Morgan fingerprint density at radius 1 is 0.714 bits per heavy atom. The van der Waals surface area contributed by atoms with Gasteiger partial charge >= 0.3 is 0 Å². The SMILES string of the molecule is C[N+](C)(C)CCCCCCCCCCOc1ccccc1. The maximum atomic E-state index is 5.70. The van der Waals surface area contributed by atoms with Crippen molar-refractivity contribution in [2.75, 3.05) is 34.3 Å². The molecule has 0 saturated carbocycles. The lowest BCUT2D eigenvalue weighted by atomic mass is 10.1. The zero-order valence-corrected chi connectivity index (χ0v) is 14.3. The molecule has 0 aliphatic rings. The number of ether oxygens (including phenoxy) is 1. The summed E-state index contributed by atoms with van der Waals surface area (Å²) >= 11 is 0. The lowest BCUT2D eigenvalue weighted by Crippen LogP contribution is -2.35. The van der Waals surface area contributed by atoms with Crippen LogP contribution in [0.15, 0.2) is 30.3 Å². The zero-order chi connectivity index (χ0) is 15.4. The van der Waals surface area contributed by atoms with Crippen LogP contribution in [0.4, 0.5) is 0 Å². The summed E-state index contributed by atoms with van der Waals surface area (Å²) < 4.78 is 6.79. The highest BCUT2D eigenvalue weighted by Crippen LogP contribution is 2.11. The molecule has 0 radical (unpaired) electrons. The van der Waals surface area contributed by atoms with Gasteiger partial charge in [-0.3, -0.25) is 0 Å². The van der Waals surface area contributed by atoms with Crippen molar-refractivity contribution in [3.63, 3.8) is 0 Å². The van der Waals surface area contributed by atoms with Gasteiger partial charge in [0.2, 0.25) is 0 Å². The second-order valence-electron chi connectivity index (χ2n) is 7.00. The van der Waals surface area contributed by atoms with Gasteiger partial charge in [-0.05, 0) is 31.4 Å². The number of unbranched alkanes of at least 4 members (excludes halogenated alkanes) is 7. The van der Waals surface area contributed by atoms with Crippen LogP contribution in [0, 0.1) is 0 Å². The van der Waals surface area contributed by atoms with Gasteiger partial charge in [-0.2, -0.15) is 0 Å². The zero-order valence-electron chi connectivity index (χ0n) is 14.3. The first-order valence-electron chi connectivity index (χ1n) is 8.56. The van der Waals surface area contributed by atoms with Gasteiger partial charge in [0.1, 0.15) is 5.75 Å². The van der Waals surface area contributed by atoms with E-state index >= 15 is 0 Å². The molecule has 0 aromatic heterocycles. The van der Waals surface area contributed by atoms with Crippen LogP contribution in [0.3, 0.4) is 0 Å². The van der Waals surface area contributed by atoms with Crippen molar-refractivity contribution in [2.45, 2.75) is 51.4 Å². The fourth-order valence-corrected chi connectivity index (χ4v) is 2.46. The van der Waals surface area contributed by atoms with Gasteiger partial charge in [-0.1, -0.05) is 50.3 Å². The van der Waals surface area contributed by atoms with E-state index in [0.717, 1.165) is 16.8 Å². The average Bonchev–Trinajstić information content (AvgIpc) is 2.44. The van der Waals surface area contributed by atoms with E-state index in [1.54, 1.807) is 0 Å². The van der Waals surface area contributed by atoms with Gasteiger partial charge < -0.3 is 9.22 Å². The number of para-hydroxylation sites is 1. The molecule has 0 unspecified atom stereocenters. The van der Waals surface area contributed by atoms with Gasteiger partial charge in [-0.25, -0.2) is 0 Å². The lowest BCUT2D eigenvalue weighted by Gasteiger charge is -2.23. The summed E-state index contributed by atoms with van der Waals surface area (Å²) in [6.45, 7) is 2.16. The minimum atomic E-state index is 0.855. The molecule has 21 heavy (non-hydrogen) atoms. The number of rotatable bonds is 12. The van der Waals surface area contributed by atoms with E-state index in [-0.39, 0.29) is 0 Å². The number of nitrogens with zero attached hydrogens (tertiary/aromatic N) is 1. The van der Waals surface area contributed by atoms with E-state index in [1.807, 2.05) is 30.3 Å². The van der Waals surface area contributed by atoms with Crippen LogP contribution < -0.4 is 4.74 Å². The van der Waals surface area contributed by atoms with Gasteiger partial charge in [0.15, 0.2) is 0 Å². The average molecular weight is 292 g/mol. The third-order valence-electron chi connectivity index (χ3n) is 3.74. The highest BCUT2D eigenvalue weighted by atomic mass is 16.5. The van der Waals surface area contributed by atoms with Crippen LogP contribution in [-0.4, -0.2) is 38.8 Å². The highest BCUT2D eigenvalue weighted by Gasteiger charge is 2.04. The standard InChI is InChI=1S/C19H34NO/c1-20(2,3)17-13-8-6-4-5-7-9-14-18-21-19-15-11-10-12-16-19/h10-12,15-16H,4-9,13-14,17-18H2,1-3H3/q+1. The maximum Gasteiger partial charge on any atom is 0.119 e. The molecule has 0 amide bonds. The molecule has 1 rings (SSSR count). The number of hydrogen-bond donors (Lipinski definition) is 0. The van der Waals surface area contributed by atoms with Crippen molar-refractivity contribution in [1.82, 2.24) is 0 Å². The lowest BCUT2D eigenvalue weighted by molar-refractivity contribution is -0.870. The number of quaternary nitrogens is 1. The Labute approximate surface area is 131 Å². The van der Waals surface area contributed by atoms with Crippen LogP contribution in [-0.2, 0) is 0 Å². The highest BCUT2D eigenvalue weighted by molar-refractivity contribution is 5.20. The first-order chi connectivity index (χ1) is 10.1. The number of hydrogen-bond acceptors (Lipinski definition) is 1. The van der Waals surface area contributed by atoms with Crippen LogP contribution in [0.25, 0.3) is 0 Å². The summed E-state index contributed by atoms with van der Waals surface area (Å²) in [6.07, 6.45) is 10.8. The van der Waals surface area contributed by atoms with Crippen LogP contribution in [0.5, 0.6) is 5.75 Å². The molecule has 2 nitrogen and oxygen atoms in total. The molecule has 0 aliphatic heterocycles. The van der Waals surface area contributed by atoms with Crippen molar-refractivity contribution in [2.24, 2.45) is 0 Å². The second kappa shape index (κ2) is 10.7. The van der Waals surface area contributed by atoms with Gasteiger partial charge in [-0.15, -0.1) is 0 Å². The predicted molar refractivity (Wildman–Crippen MR) is 91.8 cm³/mol. The molecular weight excluding hydrogens is 258 g/mol. The third-order valence-corrected chi connectivity index (χ3v) is 3.74. The fourth-order valence-electron chi connectivity index (χ4n) is 2.46. The molecule has 0 aliphatic carbocycles. The molecule has 0 saturated heterocycles. The molecule has 0 N–H and O–H groups in total. The predicted octanol–water partition coefficient (Wildman–Crippen LogP) is 4.89.